The van der Waals surface area contributed by atoms with E-state index in [1.165, 1.54) is 31.3 Å². The molecule has 0 heterocycles. The van der Waals surface area contributed by atoms with E-state index in [2.05, 4.69) is 99.8 Å². The summed E-state index contributed by atoms with van der Waals surface area (Å²) in [6, 6.07) is 0. The number of ether oxygens (including phenoxy) is 1. The Balaban J connectivity index is 3.13. The normalized spacial score (nSPS) is 20.4. The van der Waals surface area contributed by atoms with Crippen LogP contribution in [0.15, 0.2) is 23.1 Å². The van der Waals surface area contributed by atoms with Gasteiger partial charge in [-0.05, 0) is 78.5 Å². The Bertz CT molecular complexity index is 839. The van der Waals surface area contributed by atoms with E-state index in [-0.39, 0.29) is 34.2 Å². The zero-order chi connectivity index (χ0) is 31.5. The molecule has 0 aromatic heterocycles. The maximum absolute atomic E-state index is 11.4. The maximum atomic E-state index is 11.4. The average molecular weight is 627 g/mol. The van der Waals surface area contributed by atoms with Gasteiger partial charge in [-0.15, -0.1) is 11.8 Å². The molecule has 1 aliphatic carbocycles. The summed E-state index contributed by atoms with van der Waals surface area (Å²) >= 11 is 1.99. The van der Waals surface area contributed by atoms with E-state index in [0.717, 1.165) is 37.9 Å². The molecule has 0 bridgehead atoms. The number of carbonyl (C=O) groups excluding carboxylic acids is 1. The van der Waals surface area contributed by atoms with Gasteiger partial charge in [0.05, 0.1) is 19.3 Å². The number of unbranched alkanes of at least 4 members (excludes halogenated alkanes) is 3. The summed E-state index contributed by atoms with van der Waals surface area (Å²) in [6.07, 6.45) is 17.1. The molecule has 0 saturated heterocycles. The number of hydrogen-bond acceptors (Lipinski definition) is 5. The highest BCUT2D eigenvalue weighted by Gasteiger charge is 2.42. The molecule has 0 N–H and O–H groups in total. The van der Waals surface area contributed by atoms with Gasteiger partial charge in [-0.2, -0.15) is 0 Å². The molecule has 0 fully saturated rings. The lowest BCUT2D eigenvalue weighted by atomic mass is 9.96. The number of carbonyl (C=O) groups is 1. The van der Waals surface area contributed by atoms with Crippen molar-refractivity contribution in [2.24, 2.45) is 11.8 Å². The number of esters is 1. The summed E-state index contributed by atoms with van der Waals surface area (Å²) < 4.78 is 18.9. The highest BCUT2D eigenvalue weighted by molar-refractivity contribution is 8.03. The Morgan fingerprint density at radius 2 is 1.66 bits per heavy atom. The van der Waals surface area contributed by atoms with Gasteiger partial charge in [-0.25, -0.2) is 0 Å². The van der Waals surface area contributed by atoms with Gasteiger partial charge in [0, 0.05) is 12.3 Å². The Labute approximate surface area is 261 Å². The van der Waals surface area contributed by atoms with Crippen LogP contribution in [0.2, 0.25) is 36.3 Å². The highest BCUT2D eigenvalue weighted by atomic mass is 32.2. The van der Waals surface area contributed by atoms with Crippen LogP contribution in [0.3, 0.4) is 0 Å². The molecule has 240 valence electrons. The summed E-state index contributed by atoms with van der Waals surface area (Å²) in [5.74, 6) is 1.89. The molecule has 1 aliphatic rings. The SMILES string of the molecule is CCCC[C@@H](C)C[C@@H](/C=C/[C@@H]1C(SCCCCCC(=O)OC)=CC[C@H]1O[Si](C)(C)C(C)(C)C)O[Si](C)(C)C(C)(C)C. The summed E-state index contributed by atoms with van der Waals surface area (Å²) in [5, 5.41) is 0.362. The fraction of sp³-hybridized carbons (Fsp3) is 0.853. The van der Waals surface area contributed by atoms with Crippen LogP contribution < -0.4 is 0 Å². The van der Waals surface area contributed by atoms with Gasteiger partial charge < -0.3 is 13.6 Å². The first-order chi connectivity index (χ1) is 18.8. The van der Waals surface area contributed by atoms with Crippen molar-refractivity contribution in [3.05, 3.63) is 23.1 Å². The molecule has 7 heteroatoms. The Morgan fingerprint density at radius 3 is 2.22 bits per heavy atom. The van der Waals surface area contributed by atoms with Crippen molar-refractivity contribution < 1.29 is 18.4 Å². The number of hydrogen-bond donors (Lipinski definition) is 0. The molecule has 0 amide bonds. The van der Waals surface area contributed by atoms with Crippen LogP contribution in [0.25, 0.3) is 0 Å². The van der Waals surface area contributed by atoms with Crippen LogP contribution in [0, 0.1) is 11.8 Å². The third kappa shape index (κ3) is 13.4. The lowest BCUT2D eigenvalue weighted by Gasteiger charge is -2.40. The van der Waals surface area contributed by atoms with Crippen LogP contribution in [-0.4, -0.2) is 47.7 Å². The maximum Gasteiger partial charge on any atom is 0.305 e. The molecule has 0 aromatic carbocycles. The second kappa shape index (κ2) is 17.2. The largest absolute Gasteiger partial charge is 0.469 e. The first kappa shape index (κ1) is 38.7. The van der Waals surface area contributed by atoms with Crippen LogP contribution in [0.4, 0.5) is 0 Å². The molecule has 0 saturated carbocycles. The first-order valence-corrected chi connectivity index (χ1v) is 23.1. The molecule has 4 nitrogen and oxygen atoms in total. The van der Waals surface area contributed by atoms with Crippen molar-refractivity contribution in [3.63, 3.8) is 0 Å². The Kier molecular flexibility index (Phi) is 16.2. The predicted molar refractivity (Wildman–Crippen MR) is 186 cm³/mol. The summed E-state index contributed by atoms with van der Waals surface area (Å²) in [6.45, 7) is 28.2. The molecule has 0 aliphatic heterocycles. The van der Waals surface area contributed by atoms with E-state index < -0.39 is 16.6 Å². The fourth-order valence-corrected chi connectivity index (χ4v) is 8.48. The first-order valence-electron chi connectivity index (χ1n) is 16.3. The number of thioether (sulfide) groups is 1. The number of methoxy groups -OCH3 is 1. The van der Waals surface area contributed by atoms with Crippen LogP contribution in [0.5, 0.6) is 0 Å². The summed E-state index contributed by atoms with van der Waals surface area (Å²) in [4.78, 5) is 12.9. The van der Waals surface area contributed by atoms with Crippen molar-refractivity contribution in [1.29, 1.82) is 0 Å². The van der Waals surface area contributed by atoms with E-state index in [1.54, 1.807) is 0 Å². The third-order valence-corrected chi connectivity index (χ3v) is 19.8. The number of rotatable bonds is 18. The molecule has 0 spiro atoms. The van der Waals surface area contributed by atoms with Gasteiger partial charge in [0.1, 0.15) is 0 Å². The van der Waals surface area contributed by atoms with Gasteiger partial charge in [0.15, 0.2) is 16.6 Å². The topological polar surface area (TPSA) is 44.8 Å². The minimum absolute atomic E-state index is 0.106. The van der Waals surface area contributed by atoms with Gasteiger partial charge in [-0.3, -0.25) is 4.79 Å². The van der Waals surface area contributed by atoms with E-state index in [1.807, 2.05) is 11.8 Å². The zero-order valence-corrected chi connectivity index (χ0v) is 32.0. The predicted octanol–water partition coefficient (Wildman–Crippen LogP) is 10.9. The van der Waals surface area contributed by atoms with Gasteiger partial charge in [0.25, 0.3) is 0 Å². The van der Waals surface area contributed by atoms with E-state index in [9.17, 15) is 4.79 Å². The quantitative estimate of drug-likeness (QED) is 0.0655. The Morgan fingerprint density at radius 1 is 1.02 bits per heavy atom. The van der Waals surface area contributed by atoms with Crippen molar-refractivity contribution in [2.75, 3.05) is 12.9 Å². The molecular weight excluding hydrogens is 561 g/mol. The van der Waals surface area contributed by atoms with Gasteiger partial charge >= 0.3 is 5.97 Å². The zero-order valence-electron chi connectivity index (χ0n) is 29.2. The van der Waals surface area contributed by atoms with Crippen molar-refractivity contribution in [2.45, 2.75) is 162 Å². The van der Waals surface area contributed by atoms with Gasteiger partial charge in [0.2, 0.25) is 0 Å². The van der Waals surface area contributed by atoms with Crippen molar-refractivity contribution in [1.82, 2.24) is 0 Å². The minimum Gasteiger partial charge on any atom is -0.469 e. The molecule has 1 rings (SSSR count). The molecule has 0 radical (unpaired) electrons. The average Bonchev–Trinajstić information content (AvgIpc) is 3.21. The smallest absolute Gasteiger partial charge is 0.305 e. The molecule has 41 heavy (non-hydrogen) atoms. The van der Waals surface area contributed by atoms with Crippen LogP contribution in [0.1, 0.15) is 113 Å². The minimum atomic E-state index is -1.91. The van der Waals surface area contributed by atoms with E-state index in [4.69, 9.17) is 13.6 Å². The van der Waals surface area contributed by atoms with E-state index in [0.29, 0.717) is 12.3 Å². The second-order valence-corrected chi connectivity index (χ2v) is 26.0. The molecular formula is C34H66O4SSi2. The summed E-state index contributed by atoms with van der Waals surface area (Å²) in [5.41, 5.74) is 0. The Hall–Kier alpha value is -0.346. The van der Waals surface area contributed by atoms with Crippen LogP contribution >= 0.6 is 11.8 Å². The molecule has 4 atom stereocenters. The second-order valence-electron chi connectivity index (χ2n) is 15.3. The third-order valence-electron chi connectivity index (χ3n) is 9.52. The van der Waals surface area contributed by atoms with E-state index >= 15 is 0 Å². The van der Waals surface area contributed by atoms with Crippen LogP contribution in [-0.2, 0) is 18.4 Å². The molecule has 0 aromatic rings. The summed E-state index contributed by atoms with van der Waals surface area (Å²) in [7, 11) is -2.36. The lowest BCUT2D eigenvalue weighted by molar-refractivity contribution is -0.140. The standard InChI is InChI=1S/C34H66O4SSi2/c1-14-15-19-27(2)26-28(37-40(10,11)33(3,4)5)21-22-29-30(38-41(12,13)34(6,7)8)23-24-31(29)39-25-18-16-17-20-32(35)36-9/h21-22,24,27-30H,14-20,23,25-26H2,1-13H3/b22-21+/t27-,28-,29+,30-/m1/s1. The van der Waals surface area contributed by atoms with Crippen molar-refractivity contribution in [3.8, 4) is 0 Å². The lowest BCUT2D eigenvalue weighted by Crippen LogP contribution is -2.45. The highest BCUT2D eigenvalue weighted by Crippen LogP contribution is 2.44. The van der Waals surface area contributed by atoms with Gasteiger partial charge in [-0.1, -0.05) is 99.3 Å². The monoisotopic (exact) mass is 626 g/mol. The van der Waals surface area contributed by atoms with Crippen molar-refractivity contribution >= 4 is 34.4 Å². The molecule has 0 unspecified atom stereocenters. The fourth-order valence-electron chi connectivity index (χ4n) is 4.62.